The van der Waals surface area contributed by atoms with Crippen molar-refractivity contribution in [1.29, 1.82) is 5.26 Å². The fourth-order valence-electron chi connectivity index (χ4n) is 4.35. The number of anilines is 2. The molecule has 1 fully saturated rings. The first-order chi connectivity index (χ1) is 16.5. The van der Waals surface area contributed by atoms with E-state index in [9.17, 15) is 27.6 Å². The first kappa shape index (κ1) is 24.6. The van der Waals surface area contributed by atoms with E-state index in [2.05, 4.69) is 15.0 Å². The molecular weight excluding hydrogens is 490 g/mol. The lowest BCUT2D eigenvalue weighted by molar-refractivity contribution is -0.274. The van der Waals surface area contributed by atoms with Gasteiger partial charge in [-0.25, -0.2) is 9.37 Å². The van der Waals surface area contributed by atoms with Crippen molar-refractivity contribution in [3.05, 3.63) is 57.2 Å². The average Bonchev–Trinajstić information content (AvgIpc) is 2.78. The van der Waals surface area contributed by atoms with Crippen molar-refractivity contribution in [3.8, 4) is 11.8 Å². The number of alkyl halides is 3. The zero-order valence-corrected chi connectivity index (χ0v) is 19.4. The third-order valence-electron chi connectivity index (χ3n) is 6.03. The number of halogens is 5. The molecule has 1 aromatic carbocycles. The van der Waals surface area contributed by atoms with Crippen LogP contribution in [-0.2, 0) is 7.05 Å². The molecule has 0 aliphatic carbocycles. The fraction of sp³-hybridized carbons (Fsp3) is 0.348. The monoisotopic (exact) mass is 509 g/mol. The van der Waals surface area contributed by atoms with Crippen LogP contribution >= 0.6 is 11.6 Å². The van der Waals surface area contributed by atoms with E-state index in [4.69, 9.17) is 11.6 Å². The van der Waals surface area contributed by atoms with Crippen molar-refractivity contribution >= 4 is 34.0 Å². The van der Waals surface area contributed by atoms with Crippen LogP contribution in [0.25, 0.3) is 11.0 Å². The number of rotatable bonds is 4. The van der Waals surface area contributed by atoms with E-state index in [1.807, 2.05) is 17.9 Å². The van der Waals surface area contributed by atoms with Gasteiger partial charge in [-0.3, -0.25) is 4.79 Å². The maximum Gasteiger partial charge on any atom is 0.573 e. The van der Waals surface area contributed by atoms with Gasteiger partial charge in [-0.05, 0) is 36.6 Å². The summed E-state index contributed by atoms with van der Waals surface area (Å²) in [4.78, 5) is 19.1. The summed E-state index contributed by atoms with van der Waals surface area (Å²) in [6, 6.07) is 7.93. The molecule has 1 N–H and O–H groups in total. The Hall–Kier alpha value is -3.52. The predicted molar refractivity (Wildman–Crippen MR) is 123 cm³/mol. The number of benzene rings is 1. The molecule has 7 nitrogen and oxygen atoms in total. The third-order valence-corrected chi connectivity index (χ3v) is 6.24. The Bertz CT molecular complexity index is 1390. The Morgan fingerprint density at radius 3 is 2.66 bits per heavy atom. The molecule has 1 aliphatic rings. The van der Waals surface area contributed by atoms with Crippen molar-refractivity contribution < 1.29 is 22.3 Å². The lowest BCUT2D eigenvalue weighted by Crippen LogP contribution is -2.46. The summed E-state index contributed by atoms with van der Waals surface area (Å²) in [7, 11) is 1.56. The highest BCUT2D eigenvalue weighted by atomic mass is 35.5. The van der Waals surface area contributed by atoms with Crippen LogP contribution in [-0.4, -0.2) is 35.0 Å². The number of hydrogen-bond acceptors (Lipinski definition) is 6. The zero-order valence-electron chi connectivity index (χ0n) is 18.7. The van der Waals surface area contributed by atoms with Gasteiger partial charge in [0.05, 0.1) is 16.9 Å². The molecule has 3 heterocycles. The Kier molecular flexibility index (Phi) is 6.51. The molecule has 0 radical (unpaired) electrons. The van der Waals surface area contributed by atoms with Crippen LogP contribution in [0.15, 0.2) is 35.1 Å². The van der Waals surface area contributed by atoms with E-state index in [0.717, 1.165) is 6.07 Å². The second-order valence-corrected chi connectivity index (χ2v) is 8.74. The Labute approximate surface area is 202 Å². The average molecular weight is 510 g/mol. The number of hydrogen-bond donors (Lipinski definition) is 1. The van der Waals surface area contributed by atoms with Crippen LogP contribution in [0.2, 0.25) is 5.15 Å². The number of fused-ring (bicyclic) bond motifs is 1. The summed E-state index contributed by atoms with van der Waals surface area (Å²) in [6.45, 7) is 2.75. The molecule has 12 heteroatoms. The Balaban J connectivity index is 1.59. The minimum atomic E-state index is -4.91. The van der Waals surface area contributed by atoms with Gasteiger partial charge in [-0.1, -0.05) is 18.5 Å². The summed E-state index contributed by atoms with van der Waals surface area (Å²) in [6.07, 6.45) is -4.41. The van der Waals surface area contributed by atoms with Crippen LogP contribution in [0.4, 0.5) is 28.9 Å². The van der Waals surface area contributed by atoms with E-state index in [0.29, 0.717) is 42.3 Å². The van der Waals surface area contributed by atoms with Crippen LogP contribution < -0.4 is 20.5 Å². The minimum absolute atomic E-state index is 0.0420. The summed E-state index contributed by atoms with van der Waals surface area (Å²) >= 11 is 6.10. The molecule has 0 amide bonds. The van der Waals surface area contributed by atoms with Gasteiger partial charge in [-0.2, -0.15) is 5.26 Å². The quantitative estimate of drug-likeness (QED) is 0.401. The number of nitrogens with one attached hydrogen (secondary N) is 1. The smallest absolute Gasteiger partial charge is 0.406 e. The Morgan fingerprint density at radius 1 is 1.29 bits per heavy atom. The molecule has 3 aromatic rings. The lowest BCUT2D eigenvalue weighted by Gasteiger charge is -2.39. The first-order valence-corrected chi connectivity index (χ1v) is 11.0. The molecule has 1 aliphatic heterocycles. The normalized spacial score (nSPS) is 18.4. The van der Waals surface area contributed by atoms with E-state index < -0.39 is 23.5 Å². The highest BCUT2D eigenvalue weighted by Gasteiger charge is 2.32. The largest absolute Gasteiger partial charge is 0.573 e. The van der Waals surface area contributed by atoms with Crippen molar-refractivity contribution in [1.82, 2.24) is 9.55 Å². The molecule has 0 unspecified atom stereocenters. The maximum atomic E-state index is 14.4. The van der Waals surface area contributed by atoms with Crippen LogP contribution in [0.1, 0.15) is 18.9 Å². The summed E-state index contributed by atoms with van der Waals surface area (Å²) in [5, 5.41) is 13.0. The van der Waals surface area contributed by atoms with Gasteiger partial charge in [0.15, 0.2) is 0 Å². The molecule has 0 saturated carbocycles. The second-order valence-electron chi connectivity index (χ2n) is 8.35. The highest BCUT2D eigenvalue weighted by Crippen LogP contribution is 2.33. The van der Waals surface area contributed by atoms with E-state index in [1.165, 1.54) is 10.6 Å². The van der Waals surface area contributed by atoms with Crippen molar-refractivity contribution in [2.24, 2.45) is 13.0 Å². The number of pyridine rings is 2. The van der Waals surface area contributed by atoms with Gasteiger partial charge in [0.25, 0.3) is 5.56 Å². The molecule has 0 bridgehead atoms. The topological polar surface area (TPSA) is 83.2 Å². The first-order valence-electron chi connectivity index (χ1n) is 10.6. The number of aryl methyl sites for hydroxylation is 1. The van der Waals surface area contributed by atoms with E-state index >= 15 is 0 Å². The molecule has 0 spiro atoms. The lowest BCUT2D eigenvalue weighted by atomic mass is 9.92. The second kappa shape index (κ2) is 9.26. The minimum Gasteiger partial charge on any atom is -0.406 e. The summed E-state index contributed by atoms with van der Waals surface area (Å²) < 4.78 is 56.7. The molecule has 4 rings (SSSR count). The van der Waals surface area contributed by atoms with Gasteiger partial charge >= 0.3 is 6.36 Å². The number of nitriles is 1. The van der Waals surface area contributed by atoms with Crippen LogP contribution in [0.5, 0.6) is 5.75 Å². The van der Waals surface area contributed by atoms with Crippen molar-refractivity contribution in [2.45, 2.75) is 25.7 Å². The van der Waals surface area contributed by atoms with Gasteiger partial charge in [0.1, 0.15) is 33.9 Å². The van der Waals surface area contributed by atoms with E-state index in [1.54, 1.807) is 19.2 Å². The molecule has 184 valence electrons. The van der Waals surface area contributed by atoms with Crippen molar-refractivity contribution in [3.63, 3.8) is 0 Å². The summed E-state index contributed by atoms with van der Waals surface area (Å²) in [5.41, 5.74) is 0.925. The number of nitrogens with zero attached hydrogens (tertiary/aromatic N) is 4. The van der Waals surface area contributed by atoms with Crippen molar-refractivity contribution in [2.75, 3.05) is 23.3 Å². The van der Waals surface area contributed by atoms with Gasteiger partial charge in [0.2, 0.25) is 0 Å². The number of ether oxygens (including phenoxy) is 1. The predicted octanol–water partition coefficient (Wildman–Crippen LogP) is 4.82. The SMILES string of the molecule is C[C@@H]1CN(c2c(C#N)c(=O)n(C)c3ccc(Cl)nc23)CC[C@@H]1Nc1ccc(OC(F)(F)F)cc1F. The summed E-state index contributed by atoms with van der Waals surface area (Å²) in [5.74, 6) is -1.60. The highest BCUT2D eigenvalue weighted by molar-refractivity contribution is 6.29. The molecule has 2 atom stereocenters. The maximum absolute atomic E-state index is 14.4. The van der Waals surface area contributed by atoms with Gasteiger partial charge in [0, 0.05) is 32.2 Å². The van der Waals surface area contributed by atoms with Gasteiger partial charge in [-0.15, -0.1) is 13.2 Å². The molecule has 1 saturated heterocycles. The van der Waals surface area contributed by atoms with Gasteiger partial charge < -0.3 is 19.5 Å². The Morgan fingerprint density at radius 2 is 2.03 bits per heavy atom. The number of aromatic nitrogens is 2. The van der Waals surface area contributed by atoms with Crippen LogP contribution in [0, 0.1) is 23.1 Å². The standard InChI is InChI=1S/C23H20ClF4N5O2/c1-12-11-33(21-14(10-29)22(34)32(2)18-5-6-19(24)31-20(18)21)8-7-16(12)30-17-4-3-13(9-15(17)25)35-23(26,27)28/h3-6,9,12,16,30H,7-8,11H2,1-2H3/t12-,16+/m1/s1. The zero-order chi connectivity index (χ0) is 25.5. The molecule has 35 heavy (non-hydrogen) atoms. The third kappa shape index (κ3) is 4.98. The molecular formula is C23H20ClF4N5O2. The number of piperidine rings is 1. The van der Waals surface area contributed by atoms with Crippen LogP contribution in [0.3, 0.4) is 0 Å². The molecule has 2 aromatic heterocycles. The van der Waals surface area contributed by atoms with E-state index in [-0.39, 0.29) is 28.4 Å². The fourth-order valence-corrected chi connectivity index (χ4v) is 4.50.